The number of aromatic nitrogens is 2. The van der Waals surface area contributed by atoms with Crippen molar-refractivity contribution in [3.63, 3.8) is 0 Å². The predicted molar refractivity (Wildman–Crippen MR) is 73.0 cm³/mol. The summed E-state index contributed by atoms with van der Waals surface area (Å²) >= 11 is 1.79. The molecule has 1 atom stereocenters. The van der Waals surface area contributed by atoms with Crippen molar-refractivity contribution < 1.29 is 9.26 Å². The zero-order chi connectivity index (χ0) is 13.2. The maximum Gasteiger partial charge on any atom is 0.240 e. The van der Waals surface area contributed by atoms with Crippen LogP contribution in [0.4, 0.5) is 0 Å². The molecule has 2 aromatic rings. The average molecular weight is 276 g/mol. The molecule has 0 bridgehead atoms. The Kier molecular flexibility index (Phi) is 3.57. The first-order valence-electron chi connectivity index (χ1n) is 6.41. The number of hydrogen-bond donors (Lipinski definition) is 0. The van der Waals surface area contributed by atoms with E-state index in [-0.39, 0.29) is 11.4 Å². The highest BCUT2D eigenvalue weighted by atomic mass is 32.2. The van der Waals surface area contributed by atoms with Crippen molar-refractivity contribution in [2.45, 2.75) is 43.1 Å². The molecule has 0 radical (unpaired) electrons. The number of fused-ring (bicyclic) bond motifs is 1. The summed E-state index contributed by atoms with van der Waals surface area (Å²) in [5.41, 5.74) is 1.36. The molecule has 1 aromatic carbocycles. The molecule has 0 saturated carbocycles. The SMILES string of the molecule is CC(C)OCc1noc([C@@H]2Cc3ccccc3S2)n1. The number of benzene rings is 1. The molecule has 0 unspecified atom stereocenters. The second-order valence-corrected chi connectivity index (χ2v) is 6.07. The molecule has 1 aliphatic heterocycles. The molecule has 0 fully saturated rings. The molecule has 1 aromatic heterocycles. The Balaban J connectivity index is 1.68. The standard InChI is InChI=1S/C14H16N2O2S/c1-9(2)17-8-13-15-14(18-16-13)12-7-10-5-3-4-6-11(10)19-12/h3-6,9,12H,7-8H2,1-2H3/t12-/m0/s1. The van der Waals surface area contributed by atoms with Gasteiger partial charge in [0.2, 0.25) is 5.89 Å². The lowest BCUT2D eigenvalue weighted by Gasteiger charge is -2.03. The van der Waals surface area contributed by atoms with E-state index in [2.05, 4.69) is 34.4 Å². The van der Waals surface area contributed by atoms with Crippen LogP contribution in [0, 0.1) is 0 Å². The monoisotopic (exact) mass is 276 g/mol. The topological polar surface area (TPSA) is 48.2 Å². The molecule has 0 aliphatic carbocycles. The van der Waals surface area contributed by atoms with E-state index in [9.17, 15) is 0 Å². The van der Waals surface area contributed by atoms with Gasteiger partial charge in [-0.15, -0.1) is 11.8 Å². The highest BCUT2D eigenvalue weighted by Gasteiger charge is 2.28. The summed E-state index contributed by atoms with van der Waals surface area (Å²) < 4.78 is 10.8. The van der Waals surface area contributed by atoms with E-state index in [0.717, 1.165) is 6.42 Å². The molecule has 2 heterocycles. The third kappa shape index (κ3) is 2.82. The first kappa shape index (κ1) is 12.7. The quantitative estimate of drug-likeness (QED) is 0.856. The minimum Gasteiger partial charge on any atom is -0.371 e. The van der Waals surface area contributed by atoms with E-state index in [4.69, 9.17) is 9.26 Å². The van der Waals surface area contributed by atoms with Crippen LogP contribution in [0.15, 0.2) is 33.7 Å². The highest BCUT2D eigenvalue weighted by Crippen LogP contribution is 2.45. The normalized spacial score (nSPS) is 17.9. The fraction of sp³-hybridized carbons (Fsp3) is 0.429. The second kappa shape index (κ2) is 5.35. The van der Waals surface area contributed by atoms with Crippen molar-refractivity contribution in [1.29, 1.82) is 0 Å². The fourth-order valence-electron chi connectivity index (χ4n) is 2.02. The Morgan fingerprint density at radius 3 is 3.05 bits per heavy atom. The number of rotatable bonds is 4. The molecule has 0 spiro atoms. The lowest BCUT2D eigenvalue weighted by atomic mass is 10.1. The van der Waals surface area contributed by atoms with Crippen LogP contribution in [-0.2, 0) is 17.8 Å². The zero-order valence-corrected chi connectivity index (χ0v) is 11.8. The molecule has 3 rings (SSSR count). The molecule has 1 aliphatic rings. The zero-order valence-electron chi connectivity index (χ0n) is 11.0. The van der Waals surface area contributed by atoms with E-state index in [1.807, 2.05) is 13.8 Å². The summed E-state index contributed by atoms with van der Waals surface area (Å²) in [5.74, 6) is 1.32. The smallest absolute Gasteiger partial charge is 0.240 e. The van der Waals surface area contributed by atoms with Gasteiger partial charge in [0.25, 0.3) is 0 Å². The second-order valence-electron chi connectivity index (χ2n) is 4.83. The molecule has 0 amide bonds. The maximum atomic E-state index is 5.47. The first-order chi connectivity index (χ1) is 9.22. The molecule has 0 saturated heterocycles. The number of ether oxygens (including phenoxy) is 1. The highest BCUT2D eigenvalue weighted by molar-refractivity contribution is 7.99. The largest absolute Gasteiger partial charge is 0.371 e. The summed E-state index contributed by atoms with van der Waals surface area (Å²) in [7, 11) is 0. The van der Waals surface area contributed by atoms with E-state index in [0.29, 0.717) is 18.3 Å². The van der Waals surface area contributed by atoms with Crippen molar-refractivity contribution >= 4 is 11.8 Å². The predicted octanol–water partition coefficient (Wildman–Crippen LogP) is 3.38. The third-order valence-corrected chi connectivity index (χ3v) is 4.26. The summed E-state index contributed by atoms with van der Waals surface area (Å²) in [6.07, 6.45) is 1.13. The summed E-state index contributed by atoms with van der Waals surface area (Å²) in [5, 5.41) is 4.21. The van der Waals surface area contributed by atoms with E-state index in [1.165, 1.54) is 10.5 Å². The fourth-order valence-corrected chi connectivity index (χ4v) is 3.24. The Morgan fingerprint density at radius 2 is 2.26 bits per heavy atom. The number of nitrogens with zero attached hydrogens (tertiary/aromatic N) is 2. The van der Waals surface area contributed by atoms with Gasteiger partial charge in [-0.25, -0.2) is 0 Å². The van der Waals surface area contributed by atoms with Crippen LogP contribution < -0.4 is 0 Å². The summed E-state index contributed by atoms with van der Waals surface area (Å²) in [6, 6.07) is 8.42. The molecule has 0 N–H and O–H groups in total. The van der Waals surface area contributed by atoms with Gasteiger partial charge in [0.05, 0.1) is 11.4 Å². The van der Waals surface area contributed by atoms with Crippen molar-refractivity contribution in [3.05, 3.63) is 41.5 Å². The van der Waals surface area contributed by atoms with Crippen molar-refractivity contribution in [3.8, 4) is 0 Å². The van der Waals surface area contributed by atoms with Gasteiger partial charge in [0, 0.05) is 4.90 Å². The molecule has 19 heavy (non-hydrogen) atoms. The van der Waals surface area contributed by atoms with Gasteiger partial charge in [0.1, 0.15) is 6.61 Å². The van der Waals surface area contributed by atoms with Crippen LogP contribution in [0.2, 0.25) is 0 Å². The Morgan fingerprint density at radius 1 is 1.42 bits per heavy atom. The Bertz CT molecular complexity index is 543. The van der Waals surface area contributed by atoms with Crippen LogP contribution in [-0.4, -0.2) is 16.2 Å². The van der Waals surface area contributed by atoms with Gasteiger partial charge in [-0.3, -0.25) is 0 Å². The number of hydrogen-bond acceptors (Lipinski definition) is 5. The minimum absolute atomic E-state index is 0.173. The Hall–Kier alpha value is -1.33. The maximum absolute atomic E-state index is 5.47. The van der Waals surface area contributed by atoms with E-state index in [1.54, 1.807) is 11.8 Å². The van der Waals surface area contributed by atoms with Crippen LogP contribution >= 0.6 is 11.8 Å². The van der Waals surface area contributed by atoms with Crippen LogP contribution in [0.5, 0.6) is 0 Å². The van der Waals surface area contributed by atoms with Crippen molar-refractivity contribution in [2.75, 3.05) is 0 Å². The molecular formula is C14H16N2O2S. The lowest BCUT2D eigenvalue weighted by molar-refractivity contribution is 0.0601. The first-order valence-corrected chi connectivity index (χ1v) is 7.29. The lowest BCUT2D eigenvalue weighted by Crippen LogP contribution is -2.03. The van der Waals surface area contributed by atoms with Crippen LogP contribution in [0.3, 0.4) is 0 Å². The van der Waals surface area contributed by atoms with Gasteiger partial charge in [-0.05, 0) is 31.9 Å². The van der Waals surface area contributed by atoms with Gasteiger partial charge < -0.3 is 9.26 Å². The molecular weight excluding hydrogens is 260 g/mol. The van der Waals surface area contributed by atoms with Gasteiger partial charge >= 0.3 is 0 Å². The number of thioether (sulfide) groups is 1. The van der Waals surface area contributed by atoms with Crippen LogP contribution in [0.25, 0.3) is 0 Å². The van der Waals surface area contributed by atoms with Crippen molar-refractivity contribution in [2.24, 2.45) is 0 Å². The van der Waals surface area contributed by atoms with Crippen LogP contribution in [0.1, 0.15) is 36.4 Å². The van der Waals surface area contributed by atoms with E-state index < -0.39 is 0 Å². The Labute approximate surface area is 116 Å². The van der Waals surface area contributed by atoms with Gasteiger partial charge in [0.15, 0.2) is 5.82 Å². The molecule has 100 valence electrons. The molecule has 4 nitrogen and oxygen atoms in total. The summed E-state index contributed by atoms with van der Waals surface area (Å²) in [4.78, 5) is 5.73. The van der Waals surface area contributed by atoms with Gasteiger partial charge in [-0.2, -0.15) is 4.98 Å². The van der Waals surface area contributed by atoms with E-state index >= 15 is 0 Å². The third-order valence-electron chi connectivity index (χ3n) is 2.95. The minimum atomic E-state index is 0.173. The van der Waals surface area contributed by atoms with Crippen molar-refractivity contribution in [1.82, 2.24) is 10.1 Å². The summed E-state index contributed by atoms with van der Waals surface area (Å²) in [6.45, 7) is 4.39. The van der Waals surface area contributed by atoms with Gasteiger partial charge in [-0.1, -0.05) is 23.4 Å². The average Bonchev–Trinajstić information content (AvgIpc) is 3.02. The molecule has 5 heteroatoms.